The van der Waals surface area contributed by atoms with Gasteiger partial charge in [0.2, 0.25) is 5.71 Å². The van der Waals surface area contributed by atoms with Gasteiger partial charge in [0.25, 0.3) is 0 Å². The van der Waals surface area contributed by atoms with Gasteiger partial charge in [-0.05, 0) is 87.3 Å². The third-order valence-corrected chi connectivity index (χ3v) is 10.3. The fourth-order valence-electron chi connectivity index (χ4n) is 8.17. The van der Waals surface area contributed by atoms with Crippen molar-refractivity contribution in [2.75, 3.05) is 0 Å². The third kappa shape index (κ3) is 3.73. The molecule has 0 saturated heterocycles. The lowest BCUT2D eigenvalue weighted by molar-refractivity contribution is 0.645. The number of aromatic nitrogens is 2. The fraction of sp³-hybridized carbons (Fsp3) is 0. The molecule has 0 radical (unpaired) electrons. The van der Waals surface area contributed by atoms with Crippen LogP contribution < -0.4 is 0 Å². The van der Waals surface area contributed by atoms with Gasteiger partial charge in [-0.2, -0.15) is 0 Å². The number of para-hydroxylation sites is 4. The van der Waals surface area contributed by atoms with Crippen LogP contribution in [0.5, 0.6) is 0 Å². The second kappa shape index (κ2) is 9.96. The van der Waals surface area contributed by atoms with Gasteiger partial charge in [-0.25, -0.2) is 0 Å². The zero-order valence-corrected chi connectivity index (χ0v) is 26.5. The lowest BCUT2D eigenvalue weighted by Gasteiger charge is -2.12. The van der Waals surface area contributed by atoms with Crippen molar-refractivity contribution >= 4 is 76.3 Å². The summed E-state index contributed by atoms with van der Waals surface area (Å²) >= 11 is 0. The number of rotatable bonds is 3. The number of hydrogen-bond donors (Lipinski definition) is 0. The van der Waals surface area contributed by atoms with Crippen LogP contribution in [-0.2, 0) is 0 Å². The average Bonchev–Trinajstić information content (AvgIpc) is 3.81. The van der Waals surface area contributed by atoms with Crippen LogP contribution in [-0.4, -0.2) is 9.13 Å². The number of hydrogen-bond acceptors (Lipinski definition) is 1. The van der Waals surface area contributed by atoms with Crippen LogP contribution in [0.25, 0.3) is 98.8 Å². The molecule has 0 aliphatic rings. The molecule has 3 nitrogen and oxygen atoms in total. The van der Waals surface area contributed by atoms with Gasteiger partial charge in [0.15, 0.2) is 0 Å². The Morgan fingerprint density at radius 2 is 1.00 bits per heavy atom. The summed E-state index contributed by atoms with van der Waals surface area (Å²) in [6.45, 7) is 0. The zero-order chi connectivity index (χ0) is 32.1. The smallest absolute Gasteiger partial charge is 0.213 e. The Morgan fingerprint density at radius 3 is 1.78 bits per heavy atom. The van der Waals surface area contributed by atoms with Gasteiger partial charge in [-0.1, -0.05) is 115 Å². The molecule has 8 aromatic carbocycles. The molecule has 0 N–H and O–H groups in total. The molecule has 0 atom stereocenters. The molecule has 3 aromatic heterocycles. The van der Waals surface area contributed by atoms with E-state index in [1.54, 1.807) is 0 Å². The minimum atomic E-state index is 0.876. The quantitative estimate of drug-likeness (QED) is 0.179. The highest BCUT2D eigenvalue weighted by Gasteiger charge is 2.22. The lowest BCUT2D eigenvalue weighted by Crippen LogP contribution is -1.94. The molecule has 3 heterocycles. The van der Waals surface area contributed by atoms with Gasteiger partial charge in [0.1, 0.15) is 5.58 Å². The number of fused-ring (bicyclic) bond motifs is 11. The summed E-state index contributed by atoms with van der Waals surface area (Å²) in [7, 11) is 0. The van der Waals surface area contributed by atoms with Crippen molar-refractivity contribution in [1.29, 1.82) is 0 Å². The molecule has 0 saturated carbocycles. The van der Waals surface area contributed by atoms with Crippen LogP contribution in [0, 0.1) is 0 Å². The van der Waals surface area contributed by atoms with Crippen LogP contribution >= 0.6 is 0 Å². The van der Waals surface area contributed by atoms with E-state index >= 15 is 0 Å². The van der Waals surface area contributed by atoms with Crippen molar-refractivity contribution in [3.8, 4) is 22.5 Å². The maximum absolute atomic E-state index is 6.58. The summed E-state index contributed by atoms with van der Waals surface area (Å²) in [6.07, 6.45) is 0. The predicted molar refractivity (Wildman–Crippen MR) is 205 cm³/mol. The Balaban J connectivity index is 1.11. The Bertz CT molecular complexity index is 3050. The van der Waals surface area contributed by atoms with Crippen LogP contribution in [0.15, 0.2) is 174 Å². The molecule has 0 aliphatic carbocycles. The fourth-order valence-corrected chi connectivity index (χ4v) is 8.17. The highest BCUT2D eigenvalue weighted by Crippen LogP contribution is 2.44. The predicted octanol–water partition coefficient (Wildman–Crippen LogP) is 12.6. The van der Waals surface area contributed by atoms with Crippen LogP contribution in [0.4, 0.5) is 0 Å². The summed E-state index contributed by atoms with van der Waals surface area (Å²) < 4.78 is 11.2. The molecule has 0 aliphatic heterocycles. The summed E-state index contributed by atoms with van der Waals surface area (Å²) in [5, 5.41) is 11.0. The highest BCUT2D eigenvalue weighted by molar-refractivity contribution is 6.24. The molecular formula is C46H28N2O. The monoisotopic (exact) mass is 624 g/mol. The maximum atomic E-state index is 6.58. The SMILES string of the molecule is c1ccc(-n2c3cccc(-c4ccc5c(ccc6cc(-n7c8ccccc8c8ccccc87)ccc65)c4)c3c3c4ccccc4oc32)cc1. The van der Waals surface area contributed by atoms with Gasteiger partial charge in [0.05, 0.1) is 21.9 Å². The van der Waals surface area contributed by atoms with Gasteiger partial charge in [-0.15, -0.1) is 0 Å². The third-order valence-electron chi connectivity index (χ3n) is 10.3. The molecular weight excluding hydrogens is 597 g/mol. The van der Waals surface area contributed by atoms with E-state index < -0.39 is 0 Å². The Morgan fingerprint density at radius 1 is 0.367 bits per heavy atom. The summed E-state index contributed by atoms with van der Waals surface area (Å²) in [6, 6.07) is 61.2. The van der Waals surface area contributed by atoms with Crippen molar-refractivity contribution in [3.05, 3.63) is 170 Å². The summed E-state index contributed by atoms with van der Waals surface area (Å²) in [5.41, 5.74) is 10.0. The molecule has 228 valence electrons. The number of nitrogens with zero attached hydrogens (tertiary/aromatic N) is 2. The molecule has 0 fully saturated rings. The van der Waals surface area contributed by atoms with Crippen molar-refractivity contribution in [1.82, 2.24) is 9.13 Å². The second-order valence-corrected chi connectivity index (χ2v) is 12.9. The zero-order valence-electron chi connectivity index (χ0n) is 26.5. The molecule has 0 bridgehead atoms. The molecule has 11 aromatic rings. The topological polar surface area (TPSA) is 23.0 Å². The molecule has 3 heteroatoms. The molecule has 11 rings (SSSR count). The van der Waals surface area contributed by atoms with E-state index in [9.17, 15) is 0 Å². The standard InChI is InChI=1S/C46H28N2O/c1-2-11-32(12-3-1)48-42-19-10-16-36(44(42)45-39-15-6-9-20-43(39)49-46(45)48)30-23-25-34-29(27-30)21-22-31-28-33(24-26-35(31)34)47-40-17-7-4-13-37(40)38-14-5-8-18-41(38)47/h1-28H. The average molecular weight is 625 g/mol. The van der Waals surface area contributed by atoms with Crippen molar-refractivity contribution in [3.63, 3.8) is 0 Å². The first-order chi connectivity index (χ1) is 24.3. The van der Waals surface area contributed by atoms with Crippen molar-refractivity contribution in [2.45, 2.75) is 0 Å². The summed E-state index contributed by atoms with van der Waals surface area (Å²) in [4.78, 5) is 0. The van der Waals surface area contributed by atoms with E-state index in [1.807, 2.05) is 6.07 Å². The Hall–Kier alpha value is -6.58. The van der Waals surface area contributed by atoms with E-state index in [2.05, 4.69) is 173 Å². The number of furan rings is 1. The van der Waals surface area contributed by atoms with Crippen LogP contribution in [0.2, 0.25) is 0 Å². The highest BCUT2D eigenvalue weighted by atomic mass is 16.3. The van der Waals surface area contributed by atoms with Crippen LogP contribution in [0.3, 0.4) is 0 Å². The van der Waals surface area contributed by atoms with Crippen LogP contribution in [0.1, 0.15) is 0 Å². The van der Waals surface area contributed by atoms with E-state index in [-0.39, 0.29) is 0 Å². The minimum Gasteiger partial charge on any atom is -0.439 e. The van der Waals surface area contributed by atoms with Gasteiger partial charge in [0, 0.05) is 32.9 Å². The lowest BCUT2D eigenvalue weighted by atomic mass is 9.95. The van der Waals surface area contributed by atoms with Gasteiger partial charge >= 0.3 is 0 Å². The molecule has 0 spiro atoms. The number of benzene rings is 8. The van der Waals surface area contributed by atoms with E-state index in [0.717, 1.165) is 33.3 Å². The first kappa shape index (κ1) is 26.5. The first-order valence-corrected chi connectivity index (χ1v) is 16.8. The van der Waals surface area contributed by atoms with E-state index in [4.69, 9.17) is 4.42 Å². The normalized spacial score (nSPS) is 12.1. The van der Waals surface area contributed by atoms with E-state index in [0.29, 0.717) is 0 Å². The van der Waals surface area contributed by atoms with Crippen molar-refractivity contribution in [2.24, 2.45) is 0 Å². The van der Waals surface area contributed by atoms with Gasteiger partial charge in [-0.3, -0.25) is 4.57 Å². The van der Waals surface area contributed by atoms with E-state index in [1.165, 1.54) is 65.6 Å². The summed E-state index contributed by atoms with van der Waals surface area (Å²) in [5.74, 6) is 0. The Labute approximate surface area is 281 Å². The Kier molecular flexibility index (Phi) is 5.38. The maximum Gasteiger partial charge on any atom is 0.213 e. The molecule has 0 amide bonds. The minimum absolute atomic E-state index is 0.876. The second-order valence-electron chi connectivity index (χ2n) is 12.9. The first-order valence-electron chi connectivity index (χ1n) is 16.8. The van der Waals surface area contributed by atoms with Crippen molar-refractivity contribution < 1.29 is 4.42 Å². The molecule has 0 unspecified atom stereocenters. The van der Waals surface area contributed by atoms with Gasteiger partial charge < -0.3 is 8.98 Å². The molecule has 49 heavy (non-hydrogen) atoms. The largest absolute Gasteiger partial charge is 0.439 e.